The summed E-state index contributed by atoms with van der Waals surface area (Å²) >= 11 is 3.26. The van der Waals surface area contributed by atoms with Gasteiger partial charge in [-0.05, 0) is 19.3 Å². The second kappa shape index (κ2) is 8.92. The Labute approximate surface area is 102 Å². The van der Waals surface area contributed by atoms with Crippen LogP contribution in [-0.4, -0.2) is 22.3 Å². The van der Waals surface area contributed by atoms with E-state index in [1.807, 2.05) is 0 Å². The van der Waals surface area contributed by atoms with Gasteiger partial charge in [-0.2, -0.15) is 5.26 Å². The molecule has 0 aromatic rings. The number of nitrogens with zero attached hydrogens (tertiary/aromatic N) is 1. The summed E-state index contributed by atoms with van der Waals surface area (Å²) in [7, 11) is 0. The van der Waals surface area contributed by atoms with Crippen LogP contribution in [-0.2, 0) is 9.59 Å². The van der Waals surface area contributed by atoms with Crippen LogP contribution in [0.5, 0.6) is 0 Å². The molecule has 0 heterocycles. The van der Waals surface area contributed by atoms with Gasteiger partial charge in [-0.25, -0.2) is 4.79 Å². The Morgan fingerprint density at radius 1 is 1.44 bits per heavy atom. The number of nitrogens with one attached hydrogen (secondary N) is 1. The highest BCUT2D eigenvalue weighted by Gasteiger charge is 2.10. The fourth-order valence-corrected chi connectivity index (χ4v) is 1.34. The van der Waals surface area contributed by atoms with Crippen molar-refractivity contribution in [2.75, 3.05) is 5.33 Å². The second-order valence-corrected chi connectivity index (χ2v) is 3.78. The molecule has 0 saturated carbocycles. The maximum atomic E-state index is 11.0. The number of halogens is 1. The van der Waals surface area contributed by atoms with Gasteiger partial charge in [-0.1, -0.05) is 22.0 Å². The third kappa shape index (κ3) is 7.01. The maximum Gasteiger partial charge on any atom is 0.352 e. The van der Waals surface area contributed by atoms with Crippen molar-refractivity contribution < 1.29 is 14.7 Å². The minimum absolute atomic E-state index is 0.158. The molecule has 0 radical (unpaired) electrons. The Kier molecular flexibility index (Phi) is 8.17. The number of carbonyl (C=O) groups is 2. The summed E-state index contributed by atoms with van der Waals surface area (Å²) in [5.41, 5.74) is -0.158. The number of unbranched alkanes of at least 4 members (excludes halogenated alkanes) is 2. The minimum atomic E-state index is -1.19. The van der Waals surface area contributed by atoms with E-state index in [0.717, 1.165) is 18.2 Å². The number of carbonyl (C=O) groups excluding carboxylic acids is 1. The first-order valence-corrected chi connectivity index (χ1v) is 5.90. The predicted octanol–water partition coefficient (Wildman–Crippen LogP) is 1.55. The predicted molar refractivity (Wildman–Crippen MR) is 61.7 cm³/mol. The lowest BCUT2D eigenvalue weighted by molar-refractivity contribution is -0.134. The summed E-state index contributed by atoms with van der Waals surface area (Å²) in [6, 6.07) is 1.65. The lowest BCUT2D eigenvalue weighted by Gasteiger charge is -2.03. The summed E-state index contributed by atoms with van der Waals surface area (Å²) in [5.74, 6) is -1.79. The van der Waals surface area contributed by atoms with Crippen LogP contribution >= 0.6 is 15.9 Å². The number of rotatable bonds is 7. The first-order chi connectivity index (χ1) is 7.61. The largest absolute Gasteiger partial charge is 0.477 e. The number of allylic oxidation sites excluding steroid dienone is 1. The van der Waals surface area contributed by atoms with Crippen LogP contribution in [0, 0.1) is 11.3 Å². The number of carboxylic acid groups (broad SMARTS) is 1. The number of alkyl halides is 1. The van der Waals surface area contributed by atoms with Gasteiger partial charge >= 0.3 is 5.97 Å². The van der Waals surface area contributed by atoms with Crippen molar-refractivity contribution >= 4 is 27.8 Å². The van der Waals surface area contributed by atoms with Gasteiger partial charge in [0.25, 0.3) is 0 Å². The third-order valence-corrected chi connectivity index (χ3v) is 2.24. The van der Waals surface area contributed by atoms with E-state index in [0.29, 0.717) is 6.42 Å². The molecule has 0 aromatic heterocycles. The van der Waals surface area contributed by atoms with Crippen molar-refractivity contribution in [1.29, 1.82) is 5.26 Å². The van der Waals surface area contributed by atoms with Crippen LogP contribution in [0.15, 0.2) is 11.8 Å². The van der Waals surface area contributed by atoms with Gasteiger partial charge < -0.3 is 10.4 Å². The molecule has 0 aliphatic rings. The zero-order valence-corrected chi connectivity index (χ0v) is 10.3. The molecule has 2 N–H and O–H groups in total. The molecule has 0 bridgehead atoms. The van der Waals surface area contributed by atoms with Gasteiger partial charge in [0.15, 0.2) is 0 Å². The first-order valence-electron chi connectivity index (χ1n) is 4.78. The smallest absolute Gasteiger partial charge is 0.352 e. The highest BCUT2D eigenvalue weighted by molar-refractivity contribution is 9.09. The zero-order valence-electron chi connectivity index (χ0n) is 8.70. The van der Waals surface area contributed by atoms with E-state index in [2.05, 4.69) is 21.2 Å². The van der Waals surface area contributed by atoms with Crippen LogP contribution in [0.3, 0.4) is 0 Å². The van der Waals surface area contributed by atoms with Gasteiger partial charge in [0.1, 0.15) is 12.1 Å². The highest BCUT2D eigenvalue weighted by atomic mass is 79.9. The molecule has 0 saturated heterocycles. The molecule has 0 spiro atoms. The van der Waals surface area contributed by atoms with Crippen LogP contribution in [0.1, 0.15) is 25.7 Å². The van der Waals surface area contributed by atoms with E-state index in [1.165, 1.54) is 6.08 Å². The van der Waals surface area contributed by atoms with Crippen molar-refractivity contribution in [2.24, 2.45) is 0 Å². The molecule has 0 unspecified atom stereocenters. The minimum Gasteiger partial charge on any atom is -0.477 e. The zero-order chi connectivity index (χ0) is 12.4. The normalized spacial score (nSPS) is 10.6. The standard InChI is InChI=1S/C10H13BrN2O3/c11-6-3-1-2-4-8(10(15)16)13-9(14)5-7-12/h4H,1-3,5-6H2,(H,13,14)(H,15,16). The number of hydrogen-bond donors (Lipinski definition) is 2. The number of nitriles is 1. The molecule has 0 aliphatic carbocycles. The number of carboxylic acids is 1. The van der Waals surface area contributed by atoms with Crippen molar-refractivity contribution in [3.05, 3.63) is 11.8 Å². The van der Waals surface area contributed by atoms with Crippen molar-refractivity contribution in [2.45, 2.75) is 25.7 Å². The van der Waals surface area contributed by atoms with Crippen molar-refractivity contribution in [3.63, 3.8) is 0 Å². The first kappa shape index (κ1) is 14.6. The molecule has 0 atom stereocenters. The van der Waals surface area contributed by atoms with E-state index in [-0.39, 0.29) is 12.1 Å². The summed E-state index contributed by atoms with van der Waals surface area (Å²) in [4.78, 5) is 21.7. The Morgan fingerprint density at radius 2 is 2.12 bits per heavy atom. The third-order valence-electron chi connectivity index (χ3n) is 1.68. The monoisotopic (exact) mass is 288 g/mol. The van der Waals surface area contributed by atoms with E-state index < -0.39 is 11.9 Å². The molecule has 5 nitrogen and oxygen atoms in total. The van der Waals surface area contributed by atoms with Crippen LogP contribution < -0.4 is 5.32 Å². The van der Waals surface area contributed by atoms with Crippen molar-refractivity contribution in [3.8, 4) is 6.07 Å². The Morgan fingerprint density at radius 3 is 2.62 bits per heavy atom. The average molecular weight is 289 g/mol. The van der Waals surface area contributed by atoms with E-state index in [9.17, 15) is 9.59 Å². The molecule has 16 heavy (non-hydrogen) atoms. The van der Waals surface area contributed by atoms with Crippen LogP contribution in [0.25, 0.3) is 0 Å². The van der Waals surface area contributed by atoms with Gasteiger partial charge in [0.2, 0.25) is 5.91 Å². The van der Waals surface area contributed by atoms with Gasteiger partial charge in [0.05, 0.1) is 6.07 Å². The Balaban J connectivity index is 4.22. The Bertz CT molecular complexity index is 321. The fraction of sp³-hybridized carbons (Fsp3) is 0.500. The van der Waals surface area contributed by atoms with E-state index in [4.69, 9.17) is 10.4 Å². The Hall–Kier alpha value is -1.35. The quantitative estimate of drug-likeness (QED) is 0.422. The molecular weight excluding hydrogens is 276 g/mol. The average Bonchev–Trinajstić information content (AvgIpc) is 2.22. The summed E-state index contributed by atoms with van der Waals surface area (Å²) in [5, 5.41) is 20.1. The molecule has 0 aromatic carbocycles. The SMILES string of the molecule is N#CCC(=O)NC(=CCCCCBr)C(=O)O. The van der Waals surface area contributed by atoms with Gasteiger partial charge in [-0.15, -0.1) is 0 Å². The lowest BCUT2D eigenvalue weighted by Crippen LogP contribution is -2.26. The molecule has 0 fully saturated rings. The molecule has 6 heteroatoms. The highest BCUT2D eigenvalue weighted by Crippen LogP contribution is 2.02. The lowest BCUT2D eigenvalue weighted by atomic mass is 10.2. The molecule has 1 amide bonds. The summed E-state index contributed by atoms with van der Waals surface area (Å²) < 4.78 is 0. The van der Waals surface area contributed by atoms with Crippen LogP contribution in [0.2, 0.25) is 0 Å². The van der Waals surface area contributed by atoms with E-state index >= 15 is 0 Å². The molecular formula is C10H13BrN2O3. The number of hydrogen-bond acceptors (Lipinski definition) is 3. The van der Waals surface area contributed by atoms with Crippen LogP contribution in [0.4, 0.5) is 0 Å². The van der Waals surface area contributed by atoms with Crippen molar-refractivity contribution in [1.82, 2.24) is 5.32 Å². The van der Waals surface area contributed by atoms with E-state index in [1.54, 1.807) is 6.07 Å². The molecule has 0 rings (SSSR count). The maximum absolute atomic E-state index is 11.0. The fourth-order valence-electron chi connectivity index (χ4n) is 0.943. The van der Waals surface area contributed by atoms with Gasteiger partial charge in [-0.3, -0.25) is 4.79 Å². The molecule has 88 valence electrons. The van der Waals surface area contributed by atoms with Gasteiger partial charge in [0, 0.05) is 5.33 Å². The second-order valence-electron chi connectivity index (χ2n) is 2.99. The summed E-state index contributed by atoms with van der Waals surface area (Å²) in [6.45, 7) is 0. The topological polar surface area (TPSA) is 90.2 Å². The number of aliphatic carboxylic acids is 1. The summed E-state index contributed by atoms with van der Waals surface area (Å²) in [6.07, 6.45) is 3.48. The number of amides is 1. The molecule has 0 aliphatic heterocycles.